The lowest BCUT2D eigenvalue weighted by molar-refractivity contribution is -0.131. The first-order valence-electron chi connectivity index (χ1n) is 12.6. The number of carbonyl (C=O) groups is 1. The third-order valence-electron chi connectivity index (χ3n) is 7.75. The Morgan fingerprint density at radius 3 is 2.00 bits per heavy atom. The summed E-state index contributed by atoms with van der Waals surface area (Å²) in [5.41, 5.74) is 5.45. The van der Waals surface area contributed by atoms with E-state index in [1.165, 1.54) is 11.1 Å². The topological polar surface area (TPSA) is 65.0 Å². The summed E-state index contributed by atoms with van der Waals surface area (Å²) >= 11 is 0. The molecule has 1 aliphatic heterocycles. The fourth-order valence-electron chi connectivity index (χ4n) is 5.43. The van der Waals surface area contributed by atoms with Crippen LogP contribution in [0.25, 0.3) is 0 Å². The number of ether oxygens (including phenoxy) is 3. The summed E-state index contributed by atoms with van der Waals surface area (Å²) < 4.78 is 19.3. The zero-order valence-electron chi connectivity index (χ0n) is 21.5. The molecular formula is C31H34O5. The van der Waals surface area contributed by atoms with E-state index in [2.05, 4.69) is 39.8 Å². The van der Waals surface area contributed by atoms with Gasteiger partial charge in [-0.2, -0.15) is 0 Å². The number of carboxylic acid groups (broad SMARTS) is 1. The van der Waals surface area contributed by atoms with E-state index in [0.717, 1.165) is 35.3 Å². The van der Waals surface area contributed by atoms with Crippen LogP contribution >= 0.6 is 0 Å². The number of aromatic carboxylic acids is 1. The van der Waals surface area contributed by atoms with Crippen LogP contribution in [-0.2, 0) is 32.7 Å². The van der Waals surface area contributed by atoms with Crippen molar-refractivity contribution in [2.75, 3.05) is 13.2 Å². The van der Waals surface area contributed by atoms with Crippen LogP contribution in [0.1, 0.15) is 78.7 Å². The lowest BCUT2D eigenvalue weighted by Crippen LogP contribution is -2.36. The average Bonchev–Trinajstić information content (AvgIpc) is 3.37. The highest BCUT2D eigenvalue weighted by Gasteiger charge is 2.46. The predicted molar refractivity (Wildman–Crippen MR) is 139 cm³/mol. The molecule has 3 aromatic rings. The van der Waals surface area contributed by atoms with Crippen LogP contribution in [0.15, 0.2) is 66.7 Å². The molecule has 1 heterocycles. The fraction of sp³-hybridized carbons (Fsp3) is 0.387. The van der Waals surface area contributed by atoms with Crippen LogP contribution in [0.2, 0.25) is 0 Å². The van der Waals surface area contributed by atoms with E-state index in [1.807, 2.05) is 30.3 Å². The zero-order valence-corrected chi connectivity index (χ0v) is 21.5. The van der Waals surface area contributed by atoms with E-state index in [4.69, 9.17) is 14.2 Å². The molecule has 188 valence electrons. The van der Waals surface area contributed by atoms with Crippen LogP contribution in [0, 0.1) is 0 Å². The highest BCUT2D eigenvalue weighted by Crippen LogP contribution is 2.51. The van der Waals surface area contributed by atoms with Crippen molar-refractivity contribution in [1.82, 2.24) is 0 Å². The Kier molecular flexibility index (Phi) is 6.17. The summed E-state index contributed by atoms with van der Waals surface area (Å²) in [5, 5.41) is 9.40. The molecule has 1 N–H and O–H groups in total. The molecule has 0 unspecified atom stereocenters. The van der Waals surface area contributed by atoms with Gasteiger partial charge in [0.1, 0.15) is 12.4 Å². The van der Waals surface area contributed by atoms with Gasteiger partial charge in [-0.25, -0.2) is 4.79 Å². The van der Waals surface area contributed by atoms with Gasteiger partial charge in [0.15, 0.2) is 0 Å². The lowest BCUT2D eigenvalue weighted by atomic mass is 9.62. The molecular weight excluding hydrogens is 452 g/mol. The Morgan fingerprint density at radius 2 is 1.42 bits per heavy atom. The first-order chi connectivity index (χ1) is 17.1. The van der Waals surface area contributed by atoms with E-state index in [0.29, 0.717) is 19.8 Å². The number of rotatable bonds is 6. The largest absolute Gasteiger partial charge is 0.488 e. The SMILES string of the molecule is CC1(C)CCC(C)(C)c2cc(C3(c4ccc(C(=O)O)cc4)OCCO3)c(OCc3ccccc3)cc21. The molecule has 0 spiro atoms. The monoisotopic (exact) mass is 486 g/mol. The Bertz CT molecular complexity index is 1250. The minimum atomic E-state index is -1.17. The standard InChI is InChI=1S/C31H34O5/c1-29(2)14-15-30(3,4)25-19-27(34-20-21-8-6-5-7-9-21)26(18-24(25)29)31(35-16-17-36-31)23-12-10-22(11-13-23)28(32)33/h5-13,18-19H,14-17,20H2,1-4H3,(H,32,33). The van der Waals surface area contributed by atoms with Crippen molar-refractivity contribution >= 4 is 5.97 Å². The van der Waals surface area contributed by atoms with Gasteiger partial charge in [0.2, 0.25) is 5.79 Å². The first kappa shape index (κ1) is 24.5. The van der Waals surface area contributed by atoms with Gasteiger partial charge in [0.25, 0.3) is 0 Å². The number of carboxylic acids is 1. The van der Waals surface area contributed by atoms with Gasteiger partial charge in [0.05, 0.1) is 24.3 Å². The molecule has 0 radical (unpaired) electrons. The molecule has 0 amide bonds. The van der Waals surface area contributed by atoms with E-state index < -0.39 is 11.8 Å². The molecule has 5 rings (SSSR count). The summed E-state index contributed by atoms with van der Waals surface area (Å²) in [6.07, 6.45) is 2.18. The summed E-state index contributed by atoms with van der Waals surface area (Å²) in [5.74, 6) is -1.41. The Labute approximate surface area is 213 Å². The highest BCUT2D eigenvalue weighted by atomic mass is 16.7. The van der Waals surface area contributed by atoms with E-state index in [-0.39, 0.29) is 16.4 Å². The summed E-state index contributed by atoms with van der Waals surface area (Å²) in [6.45, 7) is 10.5. The summed E-state index contributed by atoms with van der Waals surface area (Å²) in [6, 6.07) is 21.3. The summed E-state index contributed by atoms with van der Waals surface area (Å²) in [4.78, 5) is 11.5. The molecule has 36 heavy (non-hydrogen) atoms. The van der Waals surface area contributed by atoms with Gasteiger partial charge in [-0.1, -0.05) is 70.2 Å². The van der Waals surface area contributed by atoms with Crippen LogP contribution in [0.3, 0.4) is 0 Å². The molecule has 5 heteroatoms. The zero-order chi connectivity index (χ0) is 25.6. The Morgan fingerprint density at radius 1 is 0.833 bits per heavy atom. The second-order valence-electron chi connectivity index (χ2n) is 11.1. The average molecular weight is 487 g/mol. The van der Waals surface area contributed by atoms with Crippen LogP contribution < -0.4 is 4.74 Å². The van der Waals surface area contributed by atoms with Crippen molar-refractivity contribution in [3.05, 3.63) is 100 Å². The molecule has 1 saturated heterocycles. The van der Waals surface area contributed by atoms with Crippen molar-refractivity contribution in [1.29, 1.82) is 0 Å². The summed E-state index contributed by atoms with van der Waals surface area (Å²) in [7, 11) is 0. The van der Waals surface area contributed by atoms with Crippen LogP contribution in [0.5, 0.6) is 5.75 Å². The maximum Gasteiger partial charge on any atom is 0.335 e. The lowest BCUT2D eigenvalue weighted by Gasteiger charge is -2.43. The van der Waals surface area contributed by atoms with Crippen molar-refractivity contribution in [2.45, 2.75) is 63.8 Å². The third-order valence-corrected chi connectivity index (χ3v) is 7.75. The van der Waals surface area contributed by atoms with Crippen molar-refractivity contribution < 1.29 is 24.1 Å². The van der Waals surface area contributed by atoms with E-state index in [1.54, 1.807) is 24.3 Å². The number of benzene rings is 3. The fourth-order valence-corrected chi connectivity index (χ4v) is 5.43. The molecule has 0 aromatic heterocycles. The second-order valence-corrected chi connectivity index (χ2v) is 11.1. The van der Waals surface area contributed by atoms with E-state index >= 15 is 0 Å². The Balaban J connectivity index is 1.69. The molecule has 5 nitrogen and oxygen atoms in total. The Hall–Kier alpha value is -3.15. The molecule has 2 aliphatic rings. The van der Waals surface area contributed by atoms with Gasteiger partial charge in [-0.15, -0.1) is 0 Å². The van der Waals surface area contributed by atoms with E-state index in [9.17, 15) is 9.90 Å². The van der Waals surface area contributed by atoms with Gasteiger partial charge >= 0.3 is 5.97 Å². The van der Waals surface area contributed by atoms with Gasteiger partial charge < -0.3 is 19.3 Å². The van der Waals surface area contributed by atoms with Gasteiger partial charge in [-0.05, 0) is 64.6 Å². The minimum absolute atomic E-state index is 0.00940. The smallest absolute Gasteiger partial charge is 0.335 e. The quantitative estimate of drug-likeness (QED) is 0.427. The third kappa shape index (κ3) is 4.31. The molecule has 1 aliphatic carbocycles. The highest BCUT2D eigenvalue weighted by molar-refractivity contribution is 5.87. The maximum atomic E-state index is 11.5. The minimum Gasteiger partial charge on any atom is -0.488 e. The van der Waals surface area contributed by atoms with Gasteiger partial charge in [0, 0.05) is 5.56 Å². The predicted octanol–water partition coefficient (Wildman–Crippen LogP) is 6.56. The van der Waals surface area contributed by atoms with Crippen LogP contribution in [0.4, 0.5) is 0 Å². The molecule has 0 bridgehead atoms. The number of fused-ring (bicyclic) bond motifs is 1. The van der Waals surface area contributed by atoms with Crippen molar-refractivity contribution in [3.8, 4) is 5.75 Å². The maximum absolute atomic E-state index is 11.5. The van der Waals surface area contributed by atoms with Gasteiger partial charge in [-0.3, -0.25) is 0 Å². The first-order valence-corrected chi connectivity index (χ1v) is 12.6. The normalized spacial score (nSPS) is 19.4. The van der Waals surface area contributed by atoms with Crippen molar-refractivity contribution in [3.63, 3.8) is 0 Å². The van der Waals surface area contributed by atoms with Crippen molar-refractivity contribution in [2.24, 2.45) is 0 Å². The number of hydrogen-bond acceptors (Lipinski definition) is 4. The second kappa shape index (κ2) is 9.06. The molecule has 0 atom stereocenters. The number of hydrogen-bond donors (Lipinski definition) is 1. The molecule has 0 saturated carbocycles. The van der Waals surface area contributed by atoms with Crippen LogP contribution in [-0.4, -0.2) is 24.3 Å². The molecule has 1 fully saturated rings. The molecule has 3 aromatic carbocycles.